The van der Waals surface area contributed by atoms with E-state index in [2.05, 4.69) is 4.98 Å². The van der Waals surface area contributed by atoms with Crippen LogP contribution in [0.1, 0.15) is 18.4 Å². The number of benzene rings is 3. The van der Waals surface area contributed by atoms with Gasteiger partial charge in [-0.15, -0.1) is 0 Å². The second-order valence-corrected chi connectivity index (χ2v) is 11.4. The average molecular weight is 641 g/mol. The zero-order valence-electron chi connectivity index (χ0n) is 25.2. The molecule has 3 aromatic carbocycles. The number of ether oxygens (including phenoxy) is 2. The molecule has 0 atom stereocenters. The lowest BCUT2D eigenvalue weighted by molar-refractivity contribution is -0.384. The van der Waals surface area contributed by atoms with Crippen molar-refractivity contribution in [3.8, 4) is 0 Å². The molecular formula is C31H36N4O9S. The highest BCUT2D eigenvalue weighted by atomic mass is 32.2. The van der Waals surface area contributed by atoms with Crippen LogP contribution < -0.4 is 0 Å². The van der Waals surface area contributed by atoms with Crippen molar-refractivity contribution in [1.29, 1.82) is 0 Å². The van der Waals surface area contributed by atoms with Gasteiger partial charge in [-0.1, -0.05) is 17.7 Å². The van der Waals surface area contributed by atoms with E-state index in [9.17, 15) is 28.6 Å². The lowest BCUT2D eigenvalue weighted by Crippen LogP contribution is -2.08. The highest BCUT2D eigenvalue weighted by molar-refractivity contribution is 7.86. The van der Waals surface area contributed by atoms with Gasteiger partial charge in [0.15, 0.2) is 0 Å². The Kier molecular flexibility index (Phi) is 13.2. The summed E-state index contributed by atoms with van der Waals surface area (Å²) in [4.78, 5) is 23.4. The van der Waals surface area contributed by atoms with Gasteiger partial charge < -0.3 is 19.0 Å². The lowest BCUT2D eigenvalue weighted by atomic mass is 10.2. The number of aromatic amines is 1. The summed E-state index contributed by atoms with van der Waals surface area (Å²) in [7, 11) is -0.384. The number of non-ortho nitro benzene ring substituents is 2. The minimum Gasteiger partial charge on any atom is -0.385 e. The first-order chi connectivity index (χ1) is 21.6. The minimum absolute atomic E-state index is 0.116. The van der Waals surface area contributed by atoms with Gasteiger partial charge in [-0.05, 0) is 61.5 Å². The molecule has 45 heavy (non-hydrogen) atoms. The summed E-state index contributed by atoms with van der Waals surface area (Å²) in [6.07, 6.45) is 5.16. The largest absolute Gasteiger partial charge is 0.385 e. The van der Waals surface area contributed by atoms with Crippen molar-refractivity contribution < 1.29 is 31.9 Å². The first kappa shape index (κ1) is 34.9. The molecule has 0 aliphatic heterocycles. The smallest absolute Gasteiger partial charge is 0.296 e. The van der Waals surface area contributed by atoms with E-state index in [-0.39, 0.29) is 27.8 Å². The number of rotatable bonds is 12. The maximum Gasteiger partial charge on any atom is 0.296 e. The number of aryl methyl sites for hydroxylation is 2. The van der Waals surface area contributed by atoms with Crippen LogP contribution in [0.4, 0.5) is 11.4 Å². The minimum atomic E-state index is -3.61. The van der Waals surface area contributed by atoms with Crippen LogP contribution in [0.5, 0.6) is 0 Å². The Morgan fingerprint density at radius 1 is 0.778 bits per heavy atom. The SMILES string of the molecule is COCCCOS(=O)(=O)c1ccc(C)cc1.COCCCn1ccc2ccc([N+](=O)[O-])cc21.O=[N+]([O-])c1ccc2cc[nH]c2c1. The quantitative estimate of drug-likeness (QED) is 0.0702. The number of nitrogens with one attached hydrogen (secondary N) is 1. The third kappa shape index (κ3) is 10.5. The Morgan fingerprint density at radius 2 is 1.40 bits per heavy atom. The summed E-state index contributed by atoms with van der Waals surface area (Å²) in [6.45, 7) is 4.02. The number of fused-ring (bicyclic) bond motifs is 2. The molecule has 0 spiro atoms. The summed E-state index contributed by atoms with van der Waals surface area (Å²) in [5, 5.41) is 23.1. The molecule has 1 N–H and O–H groups in total. The Labute approximate surface area is 260 Å². The van der Waals surface area contributed by atoms with Crippen molar-refractivity contribution in [2.24, 2.45) is 0 Å². The Hall–Kier alpha value is -4.63. The molecule has 0 aliphatic rings. The van der Waals surface area contributed by atoms with Crippen LogP contribution in [0, 0.1) is 27.2 Å². The van der Waals surface area contributed by atoms with Crippen LogP contribution in [-0.4, -0.2) is 61.9 Å². The molecule has 5 aromatic rings. The number of nitro benzene ring substituents is 2. The van der Waals surface area contributed by atoms with Crippen molar-refractivity contribution in [1.82, 2.24) is 9.55 Å². The fraction of sp³-hybridized carbons (Fsp3) is 0.290. The summed E-state index contributed by atoms with van der Waals surface area (Å²) in [5.41, 5.74) is 2.95. The van der Waals surface area contributed by atoms with Gasteiger partial charge in [0.1, 0.15) is 0 Å². The molecule has 0 radical (unpaired) electrons. The van der Waals surface area contributed by atoms with E-state index in [1.54, 1.807) is 62.9 Å². The molecule has 5 rings (SSSR count). The van der Waals surface area contributed by atoms with E-state index in [0.717, 1.165) is 40.3 Å². The molecule has 0 saturated carbocycles. The summed E-state index contributed by atoms with van der Waals surface area (Å²) >= 11 is 0. The van der Waals surface area contributed by atoms with Crippen LogP contribution in [0.15, 0.2) is 90.1 Å². The predicted octanol–water partition coefficient (Wildman–Crippen LogP) is 6.40. The molecule has 0 aliphatic carbocycles. The van der Waals surface area contributed by atoms with Gasteiger partial charge in [0.25, 0.3) is 21.5 Å². The van der Waals surface area contributed by atoms with Crippen molar-refractivity contribution in [2.45, 2.75) is 31.2 Å². The predicted molar refractivity (Wildman–Crippen MR) is 171 cm³/mol. The molecule has 0 fully saturated rings. The molecular weight excluding hydrogens is 604 g/mol. The molecule has 0 amide bonds. The van der Waals surface area contributed by atoms with Crippen molar-refractivity contribution in [3.05, 3.63) is 111 Å². The Balaban J connectivity index is 0.000000187. The molecule has 2 heterocycles. The van der Waals surface area contributed by atoms with E-state index in [1.165, 1.54) is 18.2 Å². The number of hydrogen-bond donors (Lipinski definition) is 1. The van der Waals surface area contributed by atoms with Crippen LogP contribution in [0.25, 0.3) is 21.8 Å². The number of aromatic nitrogens is 2. The molecule has 13 nitrogen and oxygen atoms in total. The number of methoxy groups -OCH3 is 2. The van der Waals surface area contributed by atoms with Crippen molar-refractivity contribution in [2.75, 3.05) is 34.0 Å². The second-order valence-electron chi connectivity index (χ2n) is 9.80. The number of nitrogens with zero attached hydrogens (tertiary/aromatic N) is 3. The maximum absolute atomic E-state index is 11.6. The zero-order chi connectivity index (χ0) is 32.8. The molecule has 0 bridgehead atoms. The van der Waals surface area contributed by atoms with Crippen molar-refractivity contribution in [3.63, 3.8) is 0 Å². The van der Waals surface area contributed by atoms with Crippen LogP contribution >= 0.6 is 0 Å². The molecule has 0 unspecified atom stereocenters. The van der Waals surface area contributed by atoms with E-state index in [0.29, 0.717) is 19.6 Å². The first-order valence-corrected chi connectivity index (χ1v) is 15.4. The lowest BCUT2D eigenvalue weighted by Gasteiger charge is -2.05. The highest BCUT2D eigenvalue weighted by Crippen LogP contribution is 2.22. The van der Waals surface area contributed by atoms with E-state index in [1.807, 2.05) is 29.8 Å². The van der Waals surface area contributed by atoms with Crippen LogP contribution in [0.2, 0.25) is 0 Å². The van der Waals surface area contributed by atoms with Gasteiger partial charge in [-0.3, -0.25) is 24.4 Å². The maximum atomic E-state index is 11.6. The topological polar surface area (TPSA) is 169 Å². The van der Waals surface area contributed by atoms with Gasteiger partial charge in [0.05, 0.1) is 32.4 Å². The van der Waals surface area contributed by atoms with E-state index >= 15 is 0 Å². The first-order valence-electron chi connectivity index (χ1n) is 13.9. The number of H-pyrrole nitrogens is 1. The van der Waals surface area contributed by atoms with E-state index in [4.69, 9.17) is 13.7 Å². The summed E-state index contributed by atoms with van der Waals surface area (Å²) in [5.74, 6) is 0. The third-order valence-corrected chi connectivity index (χ3v) is 7.83. The average Bonchev–Trinajstić information content (AvgIpc) is 3.67. The highest BCUT2D eigenvalue weighted by Gasteiger charge is 2.14. The van der Waals surface area contributed by atoms with Crippen LogP contribution in [0.3, 0.4) is 0 Å². The number of nitro groups is 2. The monoisotopic (exact) mass is 640 g/mol. The van der Waals surface area contributed by atoms with Gasteiger partial charge in [-0.2, -0.15) is 8.42 Å². The van der Waals surface area contributed by atoms with Gasteiger partial charge in [-0.25, -0.2) is 0 Å². The van der Waals surface area contributed by atoms with Gasteiger partial charge in [0.2, 0.25) is 0 Å². The molecule has 0 saturated heterocycles. The van der Waals surface area contributed by atoms with Gasteiger partial charge in [0, 0.05) is 76.0 Å². The molecule has 2 aromatic heterocycles. The third-order valence-electron chi connectivity index (χ3n) is 6.51. The normalized spacial score (nSPS) is 11.0. The second kappa shape index (κ2) is 17.0. The standard InChI is InChI=1S/C12H14N2O3.C11H16O4S.C8H6N2O2/c1-17-8-2-6-13-7-5-10-3-4-11(14(15)16)9-12(10)13;1-10-4-6-11(7-5-10)16(12,13)15-9-3-8-14-2;11-10(12)7-2-1-6-3-4-9-8(6)5-7/h3-5,7,9H,2,6,8H2,1H3;4-7H,3,8-9H2,1-2H3;1-5,9H. The fourth-order valence-corrected chi connectivity index (χ4v) is 5.10. The summed E-state index contributed by atoms with van der Waals surface area (Å²) < 4.78 is 39.9. The zero-order valence-corrected chi connectivity index (χ0v) is 26.1. The molecule has 14 heteroatoms. The van der Waals surface area contributed by atoms with Crippen molar-refractivity contribution >= 4 is 43.3 Å². The van der Waals surface area contributed by atoms with E-state index < -0.39 is 15.0 Å². The number of hydrogen-bond acceptors (Lipinski definition) is 9. The molecule has 240 valence electrons. The Morgan fingerprint density at radius 3 is 2.04 bits per heavy atom. The fourth-order valence-electron chi connectivity index (χ4n) is 4.15. The van der Waals surface area contributed by atoms with Crippen LogP contribution in [-0.2, 0) is 30.3 Å². The van der Waals surface area contributed by atoms with Gasteiger partial charge >= 0.3 is 0 Å². The summed E-state index contributed by atoms with van der Waals surface area (Å²) in [6, 6.07) is 20.1. The Bertz CT molecular complexity index is 1800.